The fourth-order valence-corrected chi connectivity index (χ4v) is 2.32. The normalized spacial score (nSPS) is 31.2. The quantitative estimate of drug-likeness (QED) is 0.760. The minimum Gasteiger partial charge on any atom is -0.376 e. The maximum Gasteiger partial charge on any atom is 0.0786 e. The van der Waals surface area contributed by atoms with Gasteiger partial charge >= 0.3 is 0 Å². The van der Waals surface area contributed by atoms with Crippen molar-refractivity contribution in [2.75, 3.05) is 20.1 Å². The highest BCUT2D eigenvalue weighted by Gasteiger charge is 2.29. The molecular weight excluding hydrogens is 186 g/mol. The molecule has 0 saturated carbocycles. The summed E-state index contributed by atoms with van der Waals surface area (Å²) in [6, 6.07) is 1.27. The third-order valence-corrected chi connectivity index (χ3v) is 3.53. The van der Waals surface area contributed by atoms with Crippen LogP contribution in [-0.4, -0.2) is 48.2 Å². The van der Waals surface area contributed by atoms with Crippen molar-refractivity contribution in [2.45, 2.75) is 45.4 Å². The Morgan fingerprint density at radius 1 is 1.40 bits per heavy atom. The predicted molar refractivity (Wildman–Crippen MR) is 65.7 cm³/mol. The van der Waals surface area contributed by atoms with E-state index in [0.29, 0.717) is 18.2 Å². The topological polar surface area (TPSA) is 18.5 Å². The first-order chi connectivity index (χ1) is 7.10. The highest BCUT2D eigenvalue weighted by atomic mass is 15.3. The van der Waals surface area contributed by atoms with Crippen LogP contribution in [0.1, 0.15) is 27.2 Å². The van der Waals surface area contributed by atoms with E-state index in [1.807, 2.05) is 6.20 Å². The standard InChI is InChI=1S/C12H25N3/c1-6-12(13-7-2)15-8-10(3)14(5)11(4)9-15/h7,10-13H,2,6,8-9H2,1,3-5H3/t10-,11+,12?. The molecule has 1 N–H and O–H groups in total. The molecule has 0 aromatic carbocycles. The largest absolute Gasteiger partial charge is 0.376 e. The first-order valence-corrected chi connectivity index (χ1v) is 5.93. The lowest BCUT2D eigenvalue weighted by molar-refractivity contribution is 0.0267. The summed E-state index contributed by atoms with van der Waals surface area (Å²) in [5.74, 6) is 0. The van der Waals surface area contributed by atoms with Gasteiger partial charge in [-0.1, -0.05) is 13.5 Å². The fourth-order valence-electron chi connectivity index (χ4n) is 2.32. The number of nitrogens with zero attached hydrogens (tertiary/aromatic N) is 2. The number of hydrogen-bond acceptors (Lipinski definition) is 3. The Balaban J connectivity index is 2.58. The molecule has 1 unspecified atom stereocenters. The van der Waals surface area contributed by atoms with Gasteiger partial charge in [0, 0.05) is 25.2 Å². The third kappa shape index (κ3) is 2.95. The lowest BCUT2D eigenvalue weighted by Crippen LogP contribution is -2.59. The zero-order valence-corrected chi connectivity index (χ0v) is 10.5. The van der Waals surface area contributed by atoms with Crippen LogP contribution in [0.4, 0.5) is 0 Å². The van der Waals surface area contributed by atoms with Crippen molar-refractivity contribution in [3.05, 3.63) is 12.8 Å². The third-order valence-electron chi connectivity index (χ3n) is 3.53. The summed E-state index contributed by atoms with van der Waals surface area (Å²) in [7, 11) is 2.22. The Kier molecular flexibility index (Phi) is 4.61. The van der Waals surface area contributed by atoms with Crippen molar-refractivity contribution in [3.63, 3.8) is 0 Å². The molecule has 0 spiro atoms. The highest BCUT2D eigenvalue weighted by Crippen LogP contribution is 2.16. The van der Waals surface area contributed by atoms with E-state index in [0.717, 1.165) is 19.5 Å². The number of nitrogens with one attached hydrogen (secondary N) is 1. The van der Waals surface area contributed by atoms with Gasteiger partial charge in [0.2, 0.25) is 0 Å². The van der Waals surface area contributed by atoms with E-state index in [1.165, 1.54) is 0 Å². The highest BCUT2D eigenvalue weighted by molar-refractivity contribution is 4.86. The molecule has 1 rings (SSSR count). The maximum atomic E-state index is 3.75. The molecule has 1 saturated heterocycles. The minimum absolute atomic E-state index is 0.445. The van der Waals surface area contributed by atoms with E-state index in [1.54, 1.807) is 0 Å². The number of piperazine rings is 1. The summed E-state index contributed by atoms with van der Waals surface area (Å²) in [5.41, 5.74) is 0. The smallest absolute Gasteiger partial charge is 0.0786 e. The van der Waals surface area contributed by atoms with Crippen molar-refractivity contribution in [3.8, 4) is 0 Å². The second-order valence-electron chi connectivity index (χ2n) is 4.61. The molecule has 3 heteroatoms. The van der Waals surface area contributed by atoms with Gasteiger partial charge in [0.15, 0.2) is 0 Å². The predicted octanol–water partition coefficient (Wildman–Crippen LogP) is 1.48. The summed E-state index contributed by atoms with van der Waals surface area (Å²) in [4.78, 5) is 4.98. The lowest BCUT2D eigenvalue weighted by Gasteiger charge is -2.45. The molecule has 88 valence electrons. The molecule has 15 heavy (non-hydrogen) atoms. The second kappa shape index (κ2) is 5.52. The van der Waals surface area contributed by atoms with Crippen molar-refractivity contribution >= 4 is 0 Å². The van der Waals surface area contributed by atoms with Gasteiger partial charge in [-0.15, -0.1) is 0 Å². The summed E-state index contributed by atoms with van der Waals surface area (Å²) in [6.07, 6.45) is 3.37. The van der Waals surface area contributed by atoms with Crippen molar-refractivity contribution in [2.24, 2.45) is 0 Å². The average Bonchev–Trinajstić information content (AvgIpc) is 2.22. The van der Waals surface area contributed by atoms with Gasteiger partial charge in [0.25, 0.3) is 0 Å². The Labute approximate surface area is 94.1 Å². The second-order valence-corrected chi connectivity index (χ2v) is 4.61. The average molecular weight is 211 g/mol. The summed E-state index contributed by atoms with van der Waals surface area (Å²) in [5, 5.41) is 3.33. The SMILES string of the molecule is C=CNC(CC)N1C[C@@H](C)N(C)[C@@H](C)C1. The molecule has 0 aromatic heterocycles. The van der Waals surface area contributed by atoms with E-state index >= 15 is 0 Å². The molecule has 0 bridgehead atoms. The van der Waals surface area contributed by atoms with Gasteiger partial charge in [0.1, 0.15) is 0 Å². The molecule has 1 aliphatic heterocycles. The van der Waals surface area contributed by atoms with E-state index < -0.39 is 0 Å². The maximum absolute atomic E-state index is 3.75. The summed E-state index contributed by atoms with van der Waals surface area (Å²) in [6.45, 7) is 12.8. The van der Waals surface area contributed by atoms with Gasteiger partial charge in [-0.2, -0.15) is 0 Å². The van der Waals surface area contributed by atoms with Crippen LogP contribution in [0.3, 0.4) is 0 Å². The first-order valence-electron chi connectivity index (χ1n) is 5.93. The van der Waals surface area contributed by atoms with Crippen LogP contribution in [0.5, 0.6) is 0 Å². The molecule has 0 radical (unpaired) electrons. The summed E-state index contributed by atoms with van der Waals surface area (Å²) < 4.78 is 0. The molecule has 1 heterocycles. The van der Waals surface area contributed by atoms with Crippen molar-refractivity contribution in [1.29, 1.82) is 0 Å². The Morgan fingerprint density at radius 3 is 2.33 bits per heavy atom. The summed E-state index contributed by atoms with van der Waals surface area (Å²) >= 11 is 0. The van der Waals surface area contributed by atoms with E-state index in [4.69, 9.17) is 0 Å². The number of hydrogen-bond donors (Lipinski definition) is 1. The van der Waals surface area contributed by atoms with Crippen LogP contribution >= 0.6 is 0 Å². The van der Waals surface area contributed by atoms with Crippen LogP contribution in [0.15, 0.2) is 12.8 Å². The number of rotatable bonds is 4. The van der Waals surface area contributed by atoms with Crippen molar-refractivity contribution < 1.29 is 0 Å². The van der Waals surface area contributed by atoms with Crippen LogP contribution in [0, 0.1) is 0 Å². The molecule has 0 aliphatic carbocycles. The Bertz CT molecular complexity index is 193. The minimum atomic E-state index is 0.445. The molecule has 1 aliphatic rings. The van der Waals surface area contributed by atoms with Gasteiger partial charge in [-0.3, -0.25) is 9.80 Å². The lowest BCUT2D eigenvalue weighted by atomic mass is 10.1. The van der Waals surface area contributed by atoms with Crippen molar-refractivity contribution in [1.82, 2.24) is 15.1 Å². The van der Waals surface area contributed by atoms with Gasteiger partial charge < -0.3 is 5.32 Å². The molecule has 0 aromatic rings. The Hall–Kier alpha value is -0.540. The molecular formula is C12H25N3. The monoisotopic (exact) mass is 211 g/mol. The van der Waals surface area contributed by atoms with Gasteiger partial charge in [-0.25, -0.2) is 0 Å². The van der Waals surface area contributed by atoms with Gasteiger partial charge in [0.05, 0.1) is 6.17 Å². The molecule has 3 atom stereocenters. The number of likely N-dealkylation sites (N-methyl/N-ethyl adjacent to an activating group) is 1. The van der Waals surface area contributed by atoms with Crippen LogP contribution in [-0.2, 0) is 0 Å². The van der Waals surface area contributed by atoms with Crippen LogP contribution in [0.2, 0.25) is 0 Å². The molecule has 3 nitrogen and oxygen atoms in total. The Morgan fingerprint density at radius 2 is 1.93 bits per heavy atom. The van der Waals surface area contributed by atoms with Crippen LogP contribution in [0.25, 0.3) is 0 Å². The fraction of sp³-hybridized carbons (Fsp3) is 0.833. The van der Waals surface area contributed by atoms with E-state index in [-0.39, 0.29) is 0 Å². The van der Waals surface area contributed by atoms with Crippen LogP contribution < -0.4 is 5.32 Å². The van der Waals surface area contributed by atoms with E-state index in [2.05, 4.69) is 49.5 Å². The zero-order valence-electron chi connectivity index (χ0n) is 10.5. The molecule has 0 amide bonds. The zero-order chi connectivity index (χ0) is 11.4. The molecule has 1 fully saturated rings. The van der Waals surface area contributed by atoms with E-state index in [9.17, 15) is 0 Å². The van der Waals surface area contributed by atoms with Gasteiger partial charge in [-0.05, 0) is 33.5 Å². The first kappa shape index (κ1) is 12.5.